The summed E-state index contributed by atoms with van der Waals surface area (Å²) >= 11 is 0. The van der Waals surface area contributed by atoms with Gasteiger partial charge in [0.2, 0.25) is 0 Å². The third-order valence-electron chi connectivity index (χ3n) is 2.89. The highest BCUT2D eigenvalue weighted by Crippen LogP contribution is 2.13. The van der Waals surface area contributed by atoms with Crippen LogP contribution in [0, 0.1) is 6.92 Å². The van der Waals surface area contributed by atoms with Crippen molar-refractivity contribution in [3.63, 3.8) is 0 Å². The monoisotopic (exact) mass is 245 g/mol. The molecule has 0 fully saturated rings. The smallest absolute Gasteiger partial charge is 0.321 e. The number of benzene rings is 1. The van der Waals surface area contributed by atoms with Crippen LogP contribution >= 0.6 is 0 Å². The van der Waals surface area contributed by atoms with Gasteiger partial charge in [0.1, 0.15) is 0 Å². The van der Waals surface area contributed by atoms with Gasteiger partial charge in [-0.05, 0) is 24.5 Å². The lowest BCUT2D eigenvalue weighted by Crippen LogP contribution is -2.06. The second-order valence-electron chi connectivity index (χ2n) is 4.72. The van der Waals surface area contributed by atoms with Crippen molar-refractivity contribution in [3.05, 3.63) is 41.2 Å². The first-order chi connectivity index (χ1) is 8.66. The molecule has 1 heterocycles. The Labute approximate surface area is 107 Å². The zero-order valence-electron chi connectivity index (χ0n) is 11.1. The maximum atomic E-state index is 5.12. The Morgan fingerprint density at radius 1 is 1.28 bits per heavy atom. The minimum atomic E-state index is 0.292. The SMILES string of the molecule is Cc1ccccc1CCNc1nc(C(C)C)no1. The number of rotatable bonds is 5. The number of hydrogen-bond donors (Lipinski definition) is 1. The number of aryl methyl sites for hydroxylation is 1. The molecule has 1 N–H and O–H groups in total. The molecule has 0 saturated heterocycles. The fourth-order valence-electron chi connectivity index (χ4n) is 1.74. The number of aromatic nitrogens is 2. The van der Waals surface area contributed by atoms with E-state index < -0.39 is 0 Å². The fourth-order valence-corrected chi connectivity index (χ4v) is 1.74. The Morgan fingerprint density at radius 2 is 2.06 bits per heavy atom. The van der Waals surface area contributed by atoms with E-state index in [1.54, 1.807) is 0 Å². The lowest BCUT2D eigenvalue weighted by Gasteiger charge is -2.04. The van der Waals surface area contributed by atoms with Crippen molar-refractivity contribution in [2.24, 2.45) is 0 Å². The summed E-state index contributed by atoms with van der Waals surface area (Å²) in [5, 5.41) is 7.07. The van der Waals surface area contributed by atoms with Crippen molar-refractivity contribution >= 4 is 6.01 Å². The van der Waals surface area contributed by atoms with Crippen molar-refractivity contribution in [1.82, 2.24) is 10.1 Å². The number of nitrogens with zero attached hydrogens (tertiary/aromatic N) is 2. The summed E-state index contributed by atoms with van der Waals surface area (Å²) in [6.07, 6.45) is 0.950. The van der Waals surface area contributed by atoms with Crippen LogP contribution in [0.1, 0.15) is 36.7 Å². The first-order valence-electron chi connectivity index (χ1n) is 6.29. The molecule has 0 unspecified atom stereocenters. The topological polar surface area (TPSA) is 51.0 Å². The molecule has 0 aliphatic carbocycles. The zero-order valence-corrected chi connectivity index (χ0v) is 11.1. The molecule has 0 saturated carbocycles. The van der Waals surface area contributed by atoms with Gasteiger partial charge in [-0.2, -0.15) is 4.98 Å². The van der Waals surface area contributed by atoms with Gasteiger partial charge in [-0.1, -0.05) is 43.3 Å². The highest BCUT2D eigenvalue weighted by Gasteiger charge is 2.08. The number of anilines is 1. The summed E-state index contributed by atoms with van der Waals surface area (Å²) in [5.74, 6) is 1.04. The number of nitrogens with one attached hydrogen (secondary N) is 1. The molecule has 4 heteroatoms. The van der Waals surface area contributed by atoms with Crippen molar-refractivity contribution in [2.75, 3.05) is 11.9 Å². The average Bonchev–Trinajstić information content (AvgIpc) is 2.80. The third kappa shape index (κ3) is 3.09. The minimum absolute atomic E-state index is 0.292. The van der Waals surface area contributed by atoms with Crippen LogP contribution in [0.5, 0.6) is 0 Å². The van der Waals surface area contributed by atoms with Crippen LogP contribution in [-0.2, 0) is 6.42 Å². The molecule has 1 aromatic carbocycles. The molecule has 4 nitrogen and oxygen atoms in total. The second kappa shape index (κ2) is 5.67. The van der Waals surface area contributed by atoms with E-state index in [2.05, 4.69) is 46.6 Å². The zero-order chi connectivity index (χ0) is 13.0. The predicted octanol–water partition coefficient (Wildman–Crippen LogP) is 3.16. The van der Waals surface area contributed by atoms with Crippen LogP contribution in [0.4, 0.5) is 6.01 Å². The van der Waals surface area contributed by atoms with Gasteiger partial charge in [0.25, 0.3) is 0 Å². The summed E-state index contributed by atoms with van der Waals surface area (Å²) in [5.41, 5.74) is 2.65. The number of hydrogen-bond acceptors (Lipinski definition) is 4. The summed E-state index contributed by atoms with van der Waals surface area (Å²) < 4.78 is 5.12. The predicted molar refractivity (Wildman–Crippen MR) is 71.8 cm³/mol. The molecule has 2 rings (SSSR count). The summed E-state index contributed by atoms with van der Waals surface area (Å²) in [6.45, 7) is 7.01. The second-order valence-corrected chi connectivity index (χ2v) is 4.72. The Kier molecular flexibility index (Phi) is 3.97. The van der Waals surface area contributed by atoms with Gasteiger partial charge < -0.3 is 9.84 Å². The molecule has 0 bridgehead atoms. The van der Waals surface area contributed by atoms with Gasteiger partial charge in [-0.25, -0.2) is 0 Å². The molecular weight excluding hydrogens is 226 g/mol. The van der Waals surface area contributed by atoms with Crippen LogP contribution in [0.3, 0.4) is 0 Å². The van der Waals surface area contributed by atoms with Crippen LogP contribution in [0.15, 0.2) is 28.8 Å². The van der Waals surface area contributed by atoms with E-state index in [0.717, 1.165) is 18.8 Å². The molecule has 0 spiro atoms. The first kappa shape index (κ1) is 12.6. The molecule has 0 aliphatic heterocycles. The van der Waals surface area contributed by atoms with E-state index in [4.69, 9.17) is 4.52 Å². The highest BCUT2D eigenvalue weighted by atomic mass is 16.5. The molecule has 0 radical (unpaired) electrons. The lowest BCUT2D eigenvalue weighted by atomic mass is 10.1. The fraction of sp³-hybridized carbons (Fsp3) is 0.429. The van der Waals surface area contributed by atoms with Crippen molar-refractivity contribution in [2.45, 2.75) is 33.1 Å². The normalized spacial score (nSPS) is 10.9. The maximum absolute atomic E-state index is 5.12. The van der Waals surface area contributed by atoms with Gasteiger partial charge in [0, 0.05) is 12.5 Å². The van der Waals surface area contributed by atoms with E-state index in [0.29, 0.717) is 11.9 Å². The molecule has 2 aromatic rings. The van der Waals surface area contributed by atoms with E-state index in [1.807, 2.05) is 13.8 Å². The van der Waals surface area contributed by atoms with E-state index in [1.165, 1.54) is 11.1 Å². The molecule has 0 atom stereocenters. The third-order valence-corrected chi connectivity index (χ3v) is 2.89. The molecular formula is C14H19N3O. The highest BCUT2D eigenvalue weighted by molar-refractivity contribution is 5.27. The first-order valence-corrected chi connectivity index (χ1v) is 6.29. The van der Waals surface area contributed by atoms with Crippen LogP contribution in [0.2, 0.25) is 0 Å². The van der Waals surface area contributed by atoms with Gasteiger partial charge in [0.05, 0.1) is 0 Å². The molecule has 96 valence electrons. The molecule has 18 heavy (non-hydrogen) atoms. The largest absolute Gasteiger partial charge is 0.337 e. The van der Waals surface area contributed by atoms with Gasteiger partial charge >= 0.3 is 6.01 Å². The van der Waals surface area contributed by atoms with E-state index >= 15 is 0 Å². The Bertz CT molecular complexity index is 505. The van der Waals surface area contributed by atoms with Gasteiger partial charge in [-0.3, -0.25) is 0 Å². The summed E-state index contributed by atoms with van der Waals surface area (Å²) in [6, 6.07) is 8.89. The van der Waals surface area contributed by atoms with E-state index in [-0.39, 0.29) is 0 Å². The van der Waals surface area contributed by atoms with Gasteiger partial charge in [-0.15, -0.1) is 0 Å². The van der Waals surface area contributed by atoms with Gasteiger partial charge in [0.15, 0.2) is 5.82 Å². The van der Waals surface area contributed by atoms with Crippen LogP contribution < -0.4 is 5.32 Å². The minimum Gasteiger partial charge on any atom is -0.337 e. The standard InChI is InChI=1S/C14H19N3O/c1-10(2)13-16-14(18-17-13)15-9-8-12-7-5-4-6-11(12)3/h4-7,10H,8-9H2,1-3H3,(H,15,16,17). The Balaban J connectivity index is 1.87. The van der Waals surface area contributed by atoms with Crippen molar-refractivity contribution in [3.8, 4) is 0 Å². The maximum Gasteiger partial charge on any atom is 0.321 e. The van der Waals surface area contributed by atoms with Crippen molar-refractivity contribution in [1.29, 1.82) is 0 Å². The van der Waals surface area contributed by atoms with Crippen molar-refractivity contribution < 1.29 is 4.52 Å². The Hall–Kier alpha value is -1.84. The summed E-state index contributed by atoms with van der Waals surface area (Å²) in [4.78, 5) is 4.27. The lowest BCUT2D eigenvalue weighted by molar-refractivity contribution is 0.419. The van der Waals surface area contributed by atoms with E-state index in [9.17, 15) is 0 Å². The quantitative estimate of drug-likeness (QED) is 0.879. The molecule has 1 aromatic heterocycles. The average molecular weight is 245 g/mol. The molecule has 0 aliphatic rings. The Morgan fingerprint density at radius 3 is 2.72 bits per heavy atom. The molecule has 0 amide bonds. The van der Waals surface area contributed by atoms with Crippen LogP contribution in [-0.4, -0.2) is 16.7 Å². The van der Waals surface area contributed by atoms with Crippen LogP contribution in [0.25, 0.3) is 0 Å². The summed E-state index contributed by atoms with van der Waals surface area (Å²) in [7, 11) is 0.